The highest BCUT2D eigenvalue weighted by Gasteiger charge is 2.30. The molecule has 0 saturated carbocycles. The molecule has 0 bridgehead atoms. The van der Waals surface area contributed by atoms with Crippen LogP contribution in [-0.2, 0) is 21.2 Å². The first kappa shape index (κ1) is 30.1. The standard InChI is InChI=1S/C28H32F3N5O4S/c1-35-13-10-19(11-14-35)34-23-6-3-7-25-22(23)15-20(36(25)18-28(29,30)31)5-4-12-33-24-9-8-21(41(2,38)39)16-26(24)40-17-27(32)37/h3,6-9,15-16,19,33-34H,10-14,17-18H2,1-2H3,(H2,32,37). The lowest BCUT2D eigenvalue weighted by molar-refractivity contribution is -0.140. The van der Waals surface area contributed by atoms with Gasteiger partial charge in [-0.1, -0.05) is 12.0 Å². The number of halogens is 3. The number of ether oxygens (including phenoxy) is 1. The zero-order valence-corrected chi connectivity index (χ0v) is 23.5. The summed E-state index contributed by atoms with van der Waals surface area (Å²) in [6.07, 6.45) is -1.55. The highest BCUT2D eigenvalue weighted by Crippen LogP contribution is 2.31. The number of piperidine rings is 1. The fourth-order valence-corrected chi connectivity index (χ4v) is 5.29. The second-order valence-electron chi connectivity index (χ2n) is 10.0. The molecule has 41 heavy (non-hydrogen) atoms. The summed E-state index contributed by atoms with van der Waals surface area (Å²) in [6, 6.07) is 11.2. The van der Waals surface area contributed by atoms with Gasteiger partial charge in [0.05, 0.1) is 28.3 Å². The summed E-state index contributed by atoms with van der Waals surface area (Å²) in [4.78, 5) is 13.4. The van der Waals surface area contributed by atoms with E-state index in [1.807, 2.05) is 6.07 Å². The molecule has 13 heteroatoms. The molecule has 1 amide bonds. The van der Waals surface area contributed by atoms with Crippen molar-refractivity contribution in [1.29, 1.82) is 0 Å². The van der Waals surface area contributed by atoms with Crippen molar-refractivity contribution in [3.8, 4) is 17.6 Å². The third kappa shape index (κ3) is 8.08. The molecular formula is C28H32F3N5O4S. The molecule has 2 heterocycles. The first-order valence-electron chi connectivity index (χ1n) is 12.9. The van der Waals surface area contributed by atoms with Crippen molar-refractivity contribution in [2.24, 2.45) is 5.73 Å². The maximum Gasteiger partial charge on any atom is 0.406 e. The number of hydrogen-bond acceptors (Lipinski definition) is 7. The van der Waals surface area contributed by atoms with E-state index in [2.05, 4.69) is 34.4 Å². The topological polar surface area (TPSA) is 119 Å². The van der Waals surface area contributed by atoms with Crippen LogP contribution in [-0.4, -0.2) is 75.6 Å². The molecule has 4 rings (SSSR count). The van der Waals surface area contributed by atoms with Crippen LogP contribution in [0.3, 0.4) is 0 Å². The Bertz CT molecular complexity index is 1580. The van der Waals surface area contributed by atoms with Gasteiger partial charge >= 0.3 is 6.18 Å². The number of alkyl halides is 3. The number of hydrogen-bond donors (Lipinski definition) is 3. The number of likely N-dealkylation sites (tertiary alicyclic amines) is 1. The number of anilines is 2. The molecule has 1 saturated heterocycles. The number of carbonyl (C=O) groups is 1. The van der Waals surface area contributed by atoms with E-state index in [0.717, 1.165) is 42.4 Å². The summed E-state index contributed by atoms with van der Waals surface area (Å²) in [6.45, 7) is 0.222. The van der Waals surface area contributed by atoms with Crippen LogP contribution in [0.5, 0.6) is 5.75 Å². The second kappa shape index (κ2) is 12.3. The van der Waals surface area contributed by atoms with Crippen molar-refractivity contribution in [2.75, 3.05) is 50.2 Å². The minimum Gasteiger partial charge on any atom is -0.482 e. The summed E-state index contributed by atoms with van der Waals surface area (Å²) in [5.41, 5.74) is 6.88. The largest absolute Gasteiger partial charge is 0.482 e. The SMILES string of the molecule is CN1CCC(Nc2cccc3c2cc(C#CCNc2ccc(S(C)(=O)=O)cc2OCC(N)=O)n3CC(F)(F)F)CC1. The first-order valence-corrected chi connectivity index (χ1v) is 14.8. The van der Waals surface area contributed by atoms with Gasteiger partial charge in [-0.15, -0.1) is 0 Å². The lowest BCUT2D eigenvalue weighted by Crippen LogP contribution is -2.36. The van der Waals surface area contributed by atoms with Gasteiger partial charge in [0, 0.05) is 29.4 Å². The van der Waals surface area contributed by atoms with E-state index in [9.17, 15) is 26.4 Å². The molecule has 4 N–H and O–H groups in total. The van der Waals surface area contributed by atoms with Crippen LogP contribution >= 0.6 is 0 Å². The number of sulfone groups is 1. The van der Waals surface area contributed by atoms with Crippen molar-refractivity contribution in [2.45, 2.75) is 36.5 Å². The fraction of sp³-hybridized carbons (Fsp3) is 0.393. The third-order valence-electron chi connectivity index (χ3n) is 6.70. The van der Waals surface area contributed by atoms with E-state index in [1.54, 1.807) is 18.2 Å². The number of nitrogens with two attached hydrogens (primary N) is 1. The number of fused-ring (bicyclic) bond motifs is 1. The van der Waals surface area contributed by atoms with E-state index in [0.29, 0.717) is 16.6 Å². The molecule has 0 unspecified atom stereocenters. The zero-order chi connectivity index (χ0) is 29.8. The number of amides is 1. The van der Waals surface area contributed by atoms with Gasteiger partial charge in [-0.2, -0.15) is 13.2 Å². The Morgan fingerprint density at radius 3 is 2.54 bits per heavy atom. The molecule has 3 aromatic rings. The van der Waals surface area contributed by atoms with Crippen LogP contribution in [0.4, 0.5) is 24.5 Å². The number of benzene rings is 2. The molecule has 0 radical (unpaired) electrons. The summed E-state index contributed by atoms with van der Waals surface area (Å²) in [7, 11) is -1.48. The molecular weight excluding hydrogens is 559 g/mol. The van der Waals surface area contributed by atoms with E-state index in [1.165, 1.54) is 18.2 Å². The van der Waals surface area contributed by atoms with Crippen LogP contribution in [0, 0.1) is 11.8 Å². The monoisotopic (exact) mass is 591 g/mol. The fourth-order valence-electron chi connectivity index (χ4n) is 4.66. The van der Waals surface area contributed by atoms with Crippen molar-refractivity contribution >= 4 is 38.0 Å². The number of rotatable bonds is 9. The normalized spacial score (nSPS) is 14.9. The van der Waals surface area contributed by atoms with Crippen molar-refractivity contribution in [3.63, 3.8) is 0 Å². The summed E-state index contributed by atoms with van der Waals surface area (Å²) < 4.78 is 71.0. The predicted molar refractivity (Wildman–Crippen MR) is 152 cm³/mol. The Morgan fingerprint density at radius 1 is 1.15 bits per heavy atom. The number of aromatic nitrogens is 1. The Balaban J connectivity index is 1.60. The quantitative estimate of drug-likeness (QED) is 0.326. The first-order chi connectivity index (χ1) is 19.3. The molecule has 0 aliphatic carbocycles. The van der Waals surface area contributed by atoms with Gasteiger partial charge in [0.15, 0.2) is 16.4 Å². The second-order valence-corrected chi connectivity index (χ2v) is 12.0. The average molecular weight is 592 g/mol. The predicted octanol–water partition coefficient (Wildman–Crippen LogP) is 3.44. The van der Waals surface area contributed by atoms with Crippen LogP contribution in [0.1, 0.15) is 18.5 Å². The Hall–Kier alpha value is -3.89. The maximum atomic E-state index is 13.5. The van der Waals surface area contributed by atoms with Crippen LogP contribution in [0.15, 0.2) is 47.4 Å². The third-order valence-corrected chi connectivity index (χ3v) is 7.81. The van der Waals surface area contributed by atoms with Gasteiger partial charge in [-0.05, 0) is 69.2 Å². The molecule has 1 fully saturated rings. The van der Waals surface area contributed by atoms with Gasteiger partial charge in [0.25, 0.3) is 5.91 Å². The van der Waals surface area contributed by atoms with E-state index in [4.69, 9.17) is 10.5 Å². The van der Waals surface area contributed by atoms with Crippen LogP contribution in [0.25, 0.3) is 10.9 Å². The summed E-state index contributed by atoms with van der Waals surface area (Å²) >= 11 is 0. The average Bonchev–Trinajstić information content (AvgIpc) is 3.23. The Kier molecular flexibility index (Phi) is 9.04. The molecule has 2 aromatic carbocycles. The zero-order valence-electron chi connectivity index (χ0n) is 22.7. The minimum absolute atomic E-state index is 0.000600. The lowest BCUT2D eigenvalue weighted by atomic mass is 10.0. The molecule has 0 spiro atoms. The number of primary amides is 1. The Morgan fingerprint density at radius 2 is 1.88 bits per heavy atom. The number of nitrogens with zero attached hydrogens (tertiary/aromatic N) is 2. The van der Waals surface area contributed by atoms with Crippen molar-refractivity contribution in [1.82, 2.24) is 9.47 Å². The van der Waals surface area contributed by atoms with E-state index >= 15 is 0 Å². The Labute approximate surface area is 236 Å². The van der Waals surface area contributed by atoms with Gasteiger partial charge < -0.3 is 30.6 Å². The van der Waals surface area contributed by atoms with Gasteiger partial charge in [-0.3, -0.25) is 4.79 Å². The minimum atomic E-state index is -4.45. The van der Waals surface area contributed by atoms with Gasteiger partial charge in [0.2, 0.25) is 0 Å². The van der Waals surface area contributed by atoms with E-state index in [-0.39, 0.29) is 28.9 Å². The highest BCUT2D eigenvalue weighted by molar-refractivity contribution is 7.90. The molecule has 1 aromatic heterocycles. The van der Waals surface area contributed by atoms with Crippen LogP contribution in [0.2, 0.25) is 0 Å². The van der Waals surface area contributed by atoms with Gasteiger partial charge in [-0.25, -0.2) is 8.42 Å². The van der Waals surface area contributed by atoms with Crippen molar-refractivity contribution in [3.05, 3.63) is 48.2 Å². The molecule has 220 valence electrons. The number of carbonyl (C=O) groups excluding carboxylic acids is 1. The number of nitrogens with one attached hydrogen (secondary N) is 2. The van der Waals surface area contributed by atoms with Crippen molar-refractivity contribution < 1.29 is 31.1 Å². The van der Waals surface area contributed by atoms with Gasteiger partial charge in [0.1, 0.15) is 12.3 Å². The molecule has 0 atom stereocenters. The smallest absolute Gasteiger partial charge is 0.406 e. The lowest BCUT2D eigenvalue weighted by Gasteiger charge is -2.30. The summed E-state index contributed by atoms with van der Waals surface area (Å²) in [5.74, 6) is 5.01. The molecule has 1 aliphatic heterocycles. The maximum absolute atomic E-state index is 13.5. The molecule has 9 nitrogen and oxygen atoms in total. The highest BCUT2D eigenvalue weighted by atomic mass is 32.2. The van der Waals surface area contributed by atoms with E-state index < -0.39 is 35.1 Å². The van der Waals surface area contributed by atoms with Crippen LogP contribution < -0.4 is 21.1 Å². The molecule has 1 aliphatic rings. The summed E-state index contributed by atoms with van der Waals surface area (Å²) in [5, 5.41) is 7.13.